The van der Waals surface area contributed by atoms with Crippen molar-refractivity contribution >= 4 is 43.1 Å². The zero-order chi connectivity index (χ0) is 40.6. The minimum absolute atomic E-state index is 0. The minimum atomic E-state index is -2.53. The molecule has 6 rings (SSSR count). The lowest BCUT2D eigenvalue weighted by molar-refractivity contribution is 0.284. The average Bonchev–Trinajstić information content (AvgIpc) is 3.18. The van der Waals surface area contributed by atoms with Crippen LogP contribution in [0.2, 0.25) is 10.1 Å². The molecule has 0 fully saturated rings. The maximum absolute atomic E-state index is 7.12. The molecule has 5 heteroatoms. The highest BCUT2D eigenvalue weighted by atomic mass is 28.4. The smallest absolute Gasteiger partial charge is 0.261 e. The molecule has 0 saturated heterocycles. The van der Waals surface area contributed by atoms with Gasteiger partial charge in [0.1, 0.15) is 0 Å². The molecule has 0 aliphatic carbocycles. The highest BCUT2D eigenvalue weighted by Gasteiger charge is 2.51. The van der Waals surface area contributed by atoms with Crippen LogP contribution in [0.25, 0.3) is 0 Å². The summed E-state index contributed by atoms with van der Waals surface area (Å²) in [5, 5.41) is 8.59. The summed E-state index contributed by atoms with van der Waals surface area (Å²) in [6.45, 7) is 23.9. The molecule has 6 aromatic carbocycles. The monoisotopic (exact) mass is 810 g/mol. The van der Waals surface area contributed by atoms with Crippen LogP contribution in [-0.4, -0.2) is 23.7 Å². The van der Waals surface area contributed by atoms with Crippen molar-refractivity contribution in [3.8, 4) is 0 Å². The van der Waals surface area contributed by atoms with E-state index in [0.29, 0.717) is 13.2 Å². The summed E-state index contributed by atoms with van der Waals surface area (Å²) in [6.07, 6.45) is 0. The Morgan fingerprint density at radius 3 is 1.03 bits per heavy atom. The fourth-order valence-corrected chi connectivity index (χ4v) is 17.4. The fraction of sp³-hybridized carbons (Fsp3) is 0.321. The van der Waals surface area contributed by atoms with Crippen LogP contribution in [0.1, 0.15) is 89.8 Å². The second kappa shape index (κ2) is 20.4. The molecule has 3 nitrogen and oxygen atoms in total. The Labute approximate surface area is 355 Å². The number of hydrogen-bond acceptors (Lipinski definition) is 3. The van der Waals surface area contributed by atoms with Crippen molar-refractivity contribution in [1.82, 2.24) is 0 Å². The summed E-state index contributed by atoms with van der Waals surface area (Å²) in [5.74, 6) is 0. The second-order valence-corrected chi connectivity index (χ2v) is 25.7. The fourth-order valence-electron chi connectivity index (χ4n) is 8.35. The van der Waals surface area contributed by atoms with Crippen molar-refractivity contribution in [2.45, 2.75) is 107 Å². The van der Waals surface area contributed by atoms with Gasteiger partial charge in [-0.25, -0.2) is 0 Å². The Morgan fingerprint density at radius 1 is 0.414 bits per heavy atom. The van der Waals surface area contributed by atoms with E-state index < -0.39 is 16.6 Å². The molecule has 6 aromatic rings. The maximum Gasteiger partial charge on any atom is 0.261 e. The number of rotatable bonds is 11. The number of nitrogens with one attached hydrogen (secondary N) is 1. The molecule has 1 N–H and O–H groups in total. The summed E-state index contributed by atoms with van der Waals surface area (Å²) >= 11 is 0. The van der Waals surface area contributed by atoms with Crippen molar-refractivity contribution in [2.24, 2.45) is 0 Å². The molecule has 0 heterocycles. The van der Waals surface area contributed by atoms with Gasteiger partial charge in [0, 0.05) is 12.7 Å². The quantitative estimate of drug-likeness (QED) is 0.132. The van der Waals surface area contributed by atoms with Gasteiger partial charge in [-0.05, 0) is 98.0 Å². The van der Waals surface area contributed by atoms with Crippen LogP contribution < -0.4 is 26.1 Å². The van der Waals surface area contributed by atoms with Crippen LogP contribution in [0.15, 0.2) is 152 Å². The molecule has 58 heavy (non-hydrogen) atoms. The lowest BCUT2D eigenvalue weighted by Crippen LogP contribution is -2.66. The van der Waals surface area contributed by atoms with Gasteiger partial charge in [0.2, 0.25) is 0 Å². The lowest BCUT2D eigenvalue weighted by Gasteiger charge is -2.43. The Hall–Kier alpha value is -4.53. The summed E-state index contributed by atoms with van der Waals surface area (Å²) < 4.78 is 14.2. The predicted molar refractivity (Wildman–Crippen MR) is 260 cm³/mol. The van der Waals surface area contributed by atoms with E-state index in [9.17, 15) is 0 Å². The van der Waals surface area contributed by atoms with Crippen molar-refractivity contribution in [3.05, 3.63) is 185 Å². The van der Waals surface area contributed by atoms with Crippen molar-refractivity contribution in [3.63, 3.8) is 0 Å². The van der Waals surface area contributed by atoms with Crippen LogP contribution in [0, 0.1) is 27.7 Å². The van der Waals surface area contributed by atoms with Gasteiger partial charge in [-0.2, -0.15) is 0 Å². The first-order valence-electron chi connectivity index (χ1n) is 20.0. The van der Waals surface area contributed by atoms with Gasteiger partial charge in [0.25, 0.3) is 16.6 Å². The van der Waals surface area contributed by atoms with E-state index in [2.05, 4.69) is 226 Å². The number of aryl methyl sites for hydroxylation is 3. The predicted octanol–water partition coefficient (Wildman–Crippen LogP) is 12.1. The first-order chi connectivity index (χ1) is 26.7. The van der Waals surface area contributed by atoms with E-state index in [1.807, 2.05) is 7.05 Å². The highest BCUT2D eigenvalue weighted by molar-refractivity contribution is 7.00. The maximum atomic E-state index is 7.12. The third-order valence-electron chi connectivity index (χ3n) is 11.4. The second-order valence-electron chi connectivity index (χ2n) is 17.1. The normalized spacial score (nSPS) is 11.7. The Bertz CT molecular complexity index is 2040. The minimum Gasteiger partial charge on any atom is -0.403 e. The molecule has 0 spiro atoms. The van der Waals surface area contributed by atoms with Crippen molar-refractivity contribution in [1.29, 1.82) is 0 Å². The average molecular weight is 810 g/mol. The Morgan fingerprint density at radius 2 is 0.724 bits per heavy atom. The van der Waals surface area contributed by atoms with E-state index in [-0.39, 0.29) is 24.9 Å². The van der Waals surface area contributed by atoms with Gasteiger partial charge in [-0.1, -0.05) is 202 Å². The molecule has 0 aromatic heterocycles. The van der Waals surface area contributed by atoms with E-state index in [1.54, 1.807) is 0 Å². The molecule has 0 atom stereocenters. The number of hydrogen-bond donors (Lipinski definition) is 1. The standard InChI is InChI=1S/C26H33NOSi.C25H30OSi.2CH4/c1-20-17-18-25(27-6)21(2)24(20)19-28-29(26(3,4)5,22-13-9-7-10-14-22)23-15-11-8-12-16-23;1-20-13-12-14-21(2)24(20)19-26-27(25(3,4)5,22-15-8-6-9-16-22)23-17-10-7-11-18-23;;/h7-18,27H,19H2,1-6H3;6-18H,19H2,1-5H3;2*1H4. The third kappa shape index (κ3) is 10.0. The molecular formula is C53H71NO2Si2. The van der Waals surface area contributed by atoms with Gasteiger partial charge in [-0.15, -0.1) is 0 Å². The van der Waals surface area contributed by atoms with Crippen molar-refractivity contribution in [2.75, 3.05) is 12.4 Å². The molecule has 0 bridgehead atoms. The Kier molecular flexibility index (Phi) is 16.9. The van der Waals surface area contributed by atoms with E-state index >= 15 is 0 Å². The van der Waals surface area contributed by atoms with Gasteiger partial charge in [-0.3, -0.25) is 0 Å². The van der Waals surface area contributed by atoms with E-state index in [1.165, 1.54) is 54.1 Å². The topological polar surface area (TPSA) is 30.5 Å². The molecule has 0 aliphatic rings. The van der Waals surface area contributed by atoms with Gasteiger partial charge in [0.05, 0.1) is 13.2 Å². The van der Waals surface area contributed by atoms with Crippen LogP contribution in [0.4, 0.5) is 5.69 Å². The SMILES string of the molecule is C.C.CNc1ccc(C)c(CO[Si](c2ccccc2)(c2ccccc2)C(C)(C)C)c1C.Cc1cccc(C)c1CO[Si](c1ccccc1)(c1ccccc1)C(C)(C)C. The van der Waals surface area contributed by atoms with Gasteiger partial charge in [0.15, 0.2) is 0 Å². The first kappa shape index (κ1) is 47.8. The number of benzene rings is 6. The zero-order valence-corrected chi connectivity index (χ0v) is 37.7. The van der Waals surface area contributed by atoms with Crippen molar-refractivity contribution < 1.29 is 8.85 Å². The van der Waals surface area contributed by atoms with Crippen LogP contribution in [-0.2, 0) is 22.1 Å². The van der Waals surface area contributed by atoms with Gasteiger partial charge < -0.3 is 14.2 Å². The first-order valence-corrected chi connectivity index (χ1v) is 23.8. The summed E-state index contributed by atoms with van der Waals surface area (Å²) in [7, 11) is -3.03. The highest BCUT2D eigenvalue weighted by Crippen LogP contribution is 2.39. The zero-order valence-electron chi connectivity index (χ0n) is 35.7. The summed E-state index contributed by atoms with van der Waals surface area (Å²) in [6, 6.07) is 54.2. The van der Waals surface area contributed by atoms with Crippen LogP contribution in [0.5, 0.6) is 0 Å². The summed E-state index contributed by atoms with van der Waals surface area (Å²) in [4.78, 5) is 0. The molecule has 308 valence electrons. The molecule has 0 unspecified atom stereocenters. The molecule has 0 saturated carbocycles. The largest absolute Gasteiger partial charge is 0.403 e. The van der Waals surface area contributed by atoms with Crippen LogP contribution >= 0.6 is 0 Å². The molecule has 0 radical (unpaired) electrons. The third-order valence-corrected chi connectivity index (χ3v) is 21.4. The van der Waals surface area contributed by atoms with Crippen LogP contribution in [0.3, 0.4) is 0 Å². The summed E-state index contributed by atoms with van der Waals surface area (Å²) in [5.41, 5.74) is 8.90. The molecule has 0 aliphatic heterocycles. The number of anilines is 1. The van der Waals surface area contributed by atoms with Gasteiger partial charge >= 0.3 is 0 Å². The van der Waals surface area contributed by atoms with E-state index in [0.717, 1.165) is 5.69 Å². The molecule has 0 amide bonds. The Balaban J connectivity index is 0.000000301. The molecular weight excluding hydrogens is 739 g/mol. The van der Waals surface area contributed by atoms with E-state index in [4.69, 9.17) is 8.85 Å². The lowest BCUT2D eigenvalue weighted by atomic mass is 10.0.